The van der Waals surface area contributed by atoms with Crippen LogP contribution in [0.25, 0.3) is 0 Å². The van der Waals surface area contributed by atoms with Crippen LogP contribution in [0.15, 0.2) is 57.9 Å². The molecule has 0 unspecified atom stereocenters. The summed E-state index contributed by atoms with van der Waals surface area (Å²) in [4.78, 5) is 12.3. The summed E-state index contributed by atoms with van der Waals surface area (Å²) in [7, 11) is -2.44. The molecular formula is C17H22N4O5S2. The molecule has 0 aliphatic heterocycles. The first-order valence-corrected chi connectivity index (χ1v) is 10.5. The third-order valence-electron chi connectivity index (χ3n) is 3.79. The van der Waals surface area contributed by atoms with E-state index in [9.17, 15) is 18.3 Å². The van der Waals surface area contributed by atoms with E-state index in [0.29, 0.717) is 0 Å². The molecule has 2 aromatic rings. The first-order chi connectivity index (χ1) is 13.2. The fourth-order valence-corrected chi connectivity index (χ4v) is 4.34. The van der Waals surface area contributed by atoms with E-state index in [1.165, 1.54) is 48.2 Å². The number of nitrogens with two attached hydrogens (primary N) is 2. The fraction of sp³-hybridized carbons (Fsp3) is 0.235. The van der Waals surface area contributed by atoms with Gasteiger partial charge in [0.1, 0.15) is 11.8 Å². The lowest BCUT2D eigenvalue weighted by molar-refractivity contribution is -0.146. The van der Waals surface area contributed by atoms with Crippen LogP contribution in [0.5, 0.6) is 5.75 Å². The number of aromatic hydroxyl groups is 1. The van der Waals surface area contributed by atoms with Crippen molar-refractivity contribution in [2.45, 2.75) is 17.4 Å². The van der Waals surface area contributed by atoms with Crippen molar-refractivity contribution >= 4 is 27.3 Å². The van der Waals surface area contributed by atoms with E-state index in [2.05, 4.69) is 4.72 Å². The van der Waals surface area contributed by atoms with E-state index in [0.717, 1.165) is 10.6 Å². The average Bonchev–Trinajstić information content (AvgIpc) is 3.21. The Kier molecular flexibility index (Phi) is 7.40. The molecule has 0 aliphatic rings. The smallest absolute Gasteiger partial charge is 0.330 e. The minimum atomic E-state index is -3.68. The van der Waals surface area contributed by atoms with Crippen LogP contribution in [-0.2, 0) is 26.0 Å². The number of rotatable bonds is 9. The van der Waals surface area contributed by atoms with Gasteiger partial charge in [0.05, 0.1) is 18.6 Å². The van der Waals surface area contributed by atoms with E-state index in [1.807, 2.05) is 0 Å². The number of nitrogens with zero attached hydrogens (tertiary/aromatic N) is 1. The van der Waals surface area contributed by atoms with Gasteiger partial charge in [-0.2, -0.15) is 11.3 Å². The Balaban J connectivity index is 2.07. The number of benzene rings is 1. The van der Waals surface area contributed by atoms with E-state index in [4.69, 9.17) is 16.3 Å². The molecule has 0 radical (unpaired) electrons. The Bertz CT molecular complexity index is 912. The van der Waals surface area contributed by atoms with Gasteiger partial charge in [-0.25, -0.2) is 23.8 Å². The molecule has 6 N–H and O–H groups in total. The van der Waals surface area contributed by atoms with Crippen LogP contribution in [0, 0.1) is 0 Å². The second kappa shape index (κ2) is 9.55. The van der Waals surface area contributed by atoms with Crippen LogP contribution in [0.1, 0.15) is 5.56 Å². The van der Waals surface area contributed by atoms with Crippen molar-refractivity contribution in [2.24, 2.45) is 11.6 Å². The standard InChI is InChI=1S/C17H22N4O5S2/c1-26-17(23)16(8-12-2-4-14(22)5-3-12)21(19)10-13(18)9-20-28(24,25)15-6-7-27-11-15/h2-7,10-11,16,20,22H,8-9,18-19H2,1H3/b13-10-/t16-/m0/s1. The van der Waals surface area contributed by atoms with E-state index >= 15 is 0 Å². The highest BCUT2D eigenvalue weighted by Crippen LogP contribution is 2.15. The minimum Gasteiger partial charge on any atom is -0.508 e. The molecule has 0 saturated heterocycles. The zero-order valence-corrected chi connectivity index (χ0v) is 16.7. The minimum absolute atomic E-state index is 0.102. The highest BCUT2D eigenvalue weighted by molar-refractivity contribution is 7.89. The zero-order valence-electron chi connectivity index (χ0n) is 15.1. The molecule has 0 amide bonds. The topological polar surface area (TPSA) is 148 Å². The zero-order chi connectivity index (χ0) is 20.7. The summed E-state index contributed by atoms with van der Waals surface area (Å²) >= 11 is 1.26. The van der Waals surface area contributed by atoms with Crippen molar-refractivity contribution in [3.8, 4) is 5.75 Å². The summed E-state index contributed by atoms with van der Waals surface area (Å²) in [6, 6.07) is 6.89. The van der Waals surface area contributed by atoms with Gasteiger partial charge in [0, 0.05) is 23.7 Å². The predicted molar refractivity (Wildman–Crippen MR) is 105 cm³/mol. The van der Waals surface area contributed by atoms with Crippen molar-refractivity contribution in [3.05, 3.63) is 58.6 Å². The number of nitrogens with one attached hydrogen (secondary N) is 1. The number of hydrogen-bond acceptors (Lipinski definition) is 9. The van der Waals surface area contributed by atoms with E-state index in [-0.39, 0.29) is 29.3 Å². The van der Waals surface area contributed by atoms with Crippen LogP contribution in [-0.4, -0.2) is 44.2 Å². The maximum atomic E-state index is 12.1. The number of phenols is 1. The van der Waals surface area contributed by atoms with Crippen molar-refractivity contribution in [3.63, 3.8) is 0 Å². The highest BCUT2D eigenvalue weighted by atomic mass is 32.2. The summed E-state index contributed by atoms with van der Waals surface area (Å²) in [5.74, 6) is 5.48. The van der Waals surface area contributed by atoms with Gasteiger partial charge >= 0.3 is 5.97 Å². The van der Waals surface area contributed by atoms with Gasteiger partial charge in [-0.3, -0.25) is 0 Å². The van der Waals surface area contributed by atoms with Gasteiger partial charge in [-0.05, 0) is 29.1 Å². The molecule has 9 nitrogen and oxygen atoms in total. The Labute approximate surface area is 167 Å². The van der Waals surface area contributed by atoms with Crippen molar-refractivity contribution < 1.29 is 23.1 Å². The molecule has 0 aliphatic carbocycles. The molecule has 1 heterocycles. The largest absolute Gasteiger partial charge is 0.508 e. The van der Waals surface area contributed by atoms with Crippen molar-refractivity contribution in [1.82, 2.24) is 9.73 Å². The Morgan fingerprint density at radius 3 is 2.61 bits per heavy atom. The summed E-state index contributed by atoms with van der Waals surface area (Å²) < 4.78 is 31.4. The molecule has 0 saturated carbocycles. The molecule has 1 aromatic heterocycles. The Morgan fingerprint density at radius 2 is 2.04 bits per heavy atom. The van der Waals surface area contributed by atoms with Crippen molar-refractivity contribution in [1.29, 1.82) is 0 Å². The van der Waals surface area contributed by atoms with Crippen molar-refractivity contribution in [2.75, 3.05) is 13.7 Å². The molecule has 0 spiro atoms. The number of thiophene rings is 1. The first kappa shape index (κ1) is 21.7. The normalized spacial score (nSPS) is 13.1. The molecule has 28 heavy (non-hydrogen) atoms. The number of phenolic OH excluding ortho intramolecular Hbond substituents is 1. The molecule has 1 atom stereocenters. The quantitative estimate of drug-likeness (QED) is 0.257. The second-order valence-electron chi connectivity index (χ2n) is 5.84. The lowest BCUT2D eigenvalue weighted by Crippen LogP contribution is -2.45. The summed E-state index contributed by atoms with van der Waals surface area (Å²) in [5.41, 5.74) is 6.71. The number of ether oxygens (including phenoxy) is 1. The number of methoxy groups -OCH3 is 1. The number of carbonyl (C=O) groups is 1. The van der Waals surface area contributed by atoms with Gasteiger partial charge in [-0.15, -0.1) is 0 Å². The van der Waals surface area contributed by atoms with Gasteiger partial charge < -0.3 is 20.6 Å². The lowest BCUT2D eigenvalue weighted by Gasteiger charge is -2.24. The number of hydrazine groups is 1. The molecule has 0 fully saturated rings. The first-order valence-electron chi connectivity index (χ1n) is 8.09. The summed E-state index contributed by atoms with van der Waals surface area (Å²) in [5, 5.41) is 13.6. The molecule has 0 bridgehead atoms. The predicted octanol–water partition coefficient (Wildman–Crippen LogP) is 0.492. The summed E-state index contributed by atoms with van der Waals surface area (Å²) in [6.45, 7) is -0.182. The van der Waals surface area contributed by atoms with Crippen LogP contribution in [0.3, 0.4) is 0 Å². The molecular weight excluding hydrogens is 404 g/mol. The second-order valence-corrected chi connectivity index (χ2v) is 8.39. The van der Waals surface area contributed by atoms with Gasteiger partial charge in [0.15, 0.2) is 0 Å². The number of sulfonamides is 1. The molecule has 11 heteroatoms. The average molecular weight is 427 g/mol. The van der Waals surface area contributed by atoms with Crippen LogP contribution in [0.4, 0.5) is 0 Å². The molecule has 2 rings (SSSR count). The van der Waals surface area contributed by atoms with Crippen LogP contribution in [0.2, 0.25) is 0 Å². The SMILES string of the molecule is COC(=O)[C@H](Cc1ccc(O)cc1)N(N)/C=C(\N)CNS(=O)(=O)c1ccsc1. The highest BCUT2D eigenvalue weighted by Gasteiger charge is 2.24. The van der Waals surface area contributed by atoms with Crippen LogP contribution >= 0.6 is 11.3 Å². The molecule has 1 aromatic carbocycles. The van der Waals surface area contributed by atoms with Gasteiger partial charge in [0.25, 0.3) is 0 Å². The number of esters is 1. The maximum absolute atomic E-state index is 12.1. The van der Waals surface area contributed by atoms with E-state index in [1.54, 1.807) is 17.5 Å². The summed E-state index contributed by atoms with van der Waals surface area (Å²) in [6.07, 6.45) is 1.48. The monoisotopic (exact) mass is 426 g/mol. The fourth-order valence-electron chi connectivity index (χ4n) is 2.30. The Morgan fingerprint density at radius 1 is 1.36 bits per heavy atom. The lowest BCUT2D eigenvalue weighted by atomic mass is 10.1. The molecule has 152 valence electrons. The number of carbonyl (C=O) groups excluding carboxylic acids is 1. The van der Waals surface area contributed by atoms with Gasteiger partial charge in [0.2, 0.25) is 10.0 Å². The Hall–Kier alpha value is -2.60. The van der Waals surface area contributed by atoms with Gasteiger partial charge in [-0.1, -0.05) is 12.1 Å². The van der Waals surface area contributed by atoms with E-state index < -0.39 is 22.0 Å². The van der Waals surface area contributed by atoms with Crippen LogP contribution < -0.4 is 16.3 Å². The third kappa shape index (κ3) is 5.96. The maximum Gasteiger partial charge on any atom is 0.330 e. The number of hydrogen-bond donors (Lipinski definition) is 4. The third-order valence-corrected chi connectivity index (χ3v) is 6.02.